The highest BCUT2D eigenvalue weighted by Crippen LogP contribution is 2.21. The predicted octanol–water partition coefficient (Wildman–Crippen LogP) is 3.31. The lowest BCUT2D eigenvalue weighted by molar-refractivity contribution is 0.414. The Labute approximate surface area is 160 Å². The Morgan fingerprint density at radius 3 is 2.82 bits per heavy atom. The molecule has 5 aromatic rings. The van der Waals surface area contributed by atoms with Gasteiger partial charge in [0.2, 0.25) is 5.95 Å². The van der Waals surface area contributed by atoms with E-state index in [9.17, 15) is 0 Å². The fourth-order valence-electron chi connectivity index (χ4n) is 3.08. The molecule has 5 rings (SSSR count). The van der Waals surface area contributed by atoms with Crippen molar-refractivity contribution in [3.63, 3.8) is 0 Å². The van der Waals surface area contributed by atoms with Gasteiger partial charge >= 0.3 is 0 Å². The number of hydrogen-bond acceptors (Lipinski definition) is 6. The summed E-state index contributed by atoms with van der Waals surface area (Å²) in [5.74, 6) is 1.38. The summed E-state index contributed by atoms with van der Waals surface area (Å²) in [4.78, 5) is 13.4. The molecule has 8 nitrogen and oxygen atoms in total. The number of fused-ring (bicyclic) bond motifs is 2. The van der Waals surface area contributed by atoms with E-state index in [2.05, 4.69) is 30.5 Å². The molecule has 2 aromatic carbocycles. The summed E-state index contributed by atoms with van der Waals surface area (Å²) < 4.78 is 7.13. The van der Waals surface area contributed by atoms with Gasteiger partial charge in [0.1, 0.15) is 17.6 Å². The second-order valence-corrected chi connectivity index (χ2v) is 6.36. The zero-order chi connectivity index (χ0) is 18.9. The molecule has 138 valence electrons. The van der Waals surface area contributed by atoms with Crippen molar-refractivity contribution in [2.24, 2.45) is 0 Å². The summed E-state index contributed by atoms with van der Waals surface area (Å²) in [7, 11) is 1.66. The van der Waals surface area contributed by atoms with Gasteiger partial charge in [-0.2, -0.15) is 10.1 Å². The second kappa shape index (κ2) is 6.66. The molecule has 0 fully saturated rings. The predicted molar refractivity (Wildman–Crippen MR) is 107 cm³/mol. The Morgan fingerprint density at radius 1 is 1.07 bits per heavy atom. The van der Waals surface area contributed by atoms with E-state index >= 15 is 0 Å². The number of methoxy groups -OCH3 is 1. The molecule has 2 N–H and O–H groups in total. The maximum absolute atomic E-state index is 5.19. The molecule has 0 saturated carbocycles. The van der Waals surface area contributed by atoms with Crippen molar-refractivity contribution < 1.29 is 4.74 Å². The molecule has 0 atom stereocenters. The summed E-state index contributed by atoms with van der Waals surface area (Å²) in [6.07, 6.45) is 5.28. The second-order valence-electron chi connectivity index (χ2n) is 6.36. The number of aromatic nitrogens is 6. The molecule has 8 heteroatoms. The first-order valence-corrected chi connectivity index (χ1v) is 8.80. The van der Waals surface area contributed by atoms with Crippen LogP contribution in [0.5, 0.6) is 5.75 Å². The first kappa shape index (κ1) is 16.2. The minimum absolute atomic E-state index is 0.549. The highest BCUT2D eigenvalue weighted by Gasteiger charge is 2.09. The van der Waals surface area contributed by atoms with Gasteiger partial charge in [0.25, 0.3) is 0 Å². The van der Waals surface area contributed by atoms with Gasteiger partial charge in [0, 0.05) is 11.9 Å². The van der Waals surface area contributed by atoms with E-state index in [0.717, 1.165) is 39.1 Å². The van der Waals surface area contributed by atoms with Crippen molar-refractivity contribution in [2.45, 2.75) is 6.54 Å². The molecule has 0 bridgehead atoms. The summed E-state index contributed by atoms with van der Waals surface area (Å²) >= 11 is 0. The van der Waals surface area contributed by atoms with Gasteiger partial charge in [-0.05, 0) is 35.9 Å². The number of imidazole rings is 1. The third-order valence-corrected chi connectivity index (χ3v) is 4.60. The van der Waals surface area contributed by atoms with Gasteiger partial charge in [0.05, 0.1) is 30.7 Å². The summed E-state index contributed by atoms with van der Waals surface area (Å²) in [6.45, 7) is 0.615. The van der Waals surface area contributed by atoms with Crippen LogP contribution in [0, 0.1) is 0 Å². The van der Waals surface area contributed by atoms with Crippen LogP contribution in [0.15, 0.2) is 61.2 Å². The third kappa shape index (κ3) is 2.90. The van der Waals surface area contributed by atoms with Gasteiger partial charge in [-0.15, -0.1) is 0 Å². The molecule has 0 aliphatic carbocycles. The van der Waals surface area contributed by atoms with Crippen LogP contribution in [0.4, 0.5) is 5.95 Å². The fraction of sp³-hybridized carbons (Fsp3) is 0.100. The average molecular weight is 371 g/mol. The van der Waals surface area contributed by atoms with Crippen molar-refractivity contribution in [1.29, 1.82) is 0 Å². The Morgan fingerprint density at radius 2 is 1.96 bits per heavy atom. The number of anilines is 1. The number of benzene rings is 2. The normalized spacial score (nSPS) is 11.2. The molecule has 0 unspecified atom stereocenters. The van der Waals surface area contributed by atoms with Crippen LogP contribution in [0.2, 0.25) is 0 Å². The van der Waals surface area contributed by atoms with Crippen molar-refractivity contribution in [3.8, 4) is 11.4 Å². The average Bonchev–Trinajstić information content (AvgIpc) is 3.38. The maximum atomic E-state index is 5.19. The van der Waals surface area contributed by atoms with E-state index in [1.54, 1.807) is 25.8 Å². The molecule has 0 aliphatic heterocycles. The van der Waals surface area contributed by atoms with E-state index < -0.39 is 0 Å². The van der Waals surface area contributed by atoms with E-state index in [0.29, 0.717) is 12.5 Å². The van der Waals surface area contributed by atoms with Crippen molar-refractivity contribution in [3.05, 3.63) is 66.7 Å². The summed E-state index contributed by atoms with van der Waals surface area (Å²) in [5.41, 5.74) is 4.51. The molecule has 28 heavy (non-hydrogen) atoms. The Bertz CT molecular complexity index is 1260. The zero-order valence-electron chi connectivity index (χ0n) is 15.1. The van der Waals surface area contributed by atoms with Crippen LogP contribution in [-0.4, -0.2) is 36.8 Å². The van der Waals surface area contributed by atoms with Crippen LogP contribution in [-0.2, 0) is 6.54 Å². The van der Waals surface area contributed by atoms with Crippen LogP contribution in [0.3, 0.4) is 0 Å². The topological polar surface area (TPSA) is 93.5 Å². The molecule has 0 aliphatic rings. The lowest BCUT2D eigenvalue weighted by atomic mass is 10.2. The molecule has 0 radical (unpaired) electrons. The minimum Gasteiger partial charge on any atom is -0.497 e. The summed E-state index contributed by atoms with van der Waals surface area (Å²) in [6, 6.07) is 13.9. The van der Waals surface area contributed by atoms with Crippen molar-refractivity contribution in [2.75, 3.05) is 12.4 Å². The number of nitrogens with one attached hydrogen (secondary N) is 2. The molecular formula is C20H17N7O. The zero-order valence-corrected chi connectivity index (χ0v) is 15.1. The van der Waals surface area contributed by atoms with E-state index in [-0.39, 0.29) is 0 Å². The highest BCUT2D eigenvalue weighted by atomic mass is 16.5. The lowest BCUT2D eigenvalue weighted by Crippen LogP contribution is -2.04. The van der Waals surface area contributed by atoms with Crippen LogP contribution in [0.1, 0.15) is 5.56 Å². The molecular weight excluding hydrogens is 354 g/mol. The maximum Gasteiger partial charge on any atom is 0.225 e. The quantitative estimate of drug-likeness (QED) is 0.492. The van der Waals surface area contributed by atoms with Crippen LogP contribution in [0.25, 0.3) is 27.8 Å². The monoisotopic (exact) mass is 371 g/mol. The number of ether oxygens (including phenoxy) is 1. The van der Waals surface area contributed by atoms with Gasteiger partial charge in [-0.1, -0.05) is 12.1 Å². The largest absolute Gasteiger partial charge is 0.497 e. The van der Waals surface area contributed by atoms with Crippen molar-refractivity contribution in [1.82, 2.24) is 29.7 Å². The minimum atomic E-state index is 0.549. The number of rotatable bonds is 5. The Kier molecular flexibility index (Phi) is 3.86. The number of H-pyrrole nitrogens is 1. The first-order chi connectivity index (χ1) is 13.8. The SMILES string of the molecule is COc1ccc(CNc2ncc3ncn(-c4ccc5cn[nH]c5c4)c3n2)cc1. The van der Waals surface area contributed by atoms with E-state index in [1.165, 1.54) is 0 Å². The fourth-order valence-corrected chi connectivity index (χ4v) is 3.08. The molecule has 0 spiro atoms. The van der Waals surface area contributed by atoms with Gasteiger partial charge < -0.3 is 10.1 Å². The van der Waals surface area contributed by atoms with Gasteiger partial charge in [-0.25, -0.2) is 9.97 Å². The van der Waals surface area contributed by atoms with Crippen molar-refractivity contribution >= 4 is 28.0 Å². The summed E-state index contributed by atoms with van der Waals surface area (Å²) in [5, 5.41) is 11.4. The highest BCUT2D eigenvalue weighted by molar-refractivity contribution is 5.81. The van der Waals surface area contributed by atoms with Gasteiger partial charge in [0.15, 0.2) is 5.65 Å². The lowest BCUT2D eigenvalue weighted by Gasteiger charge is -2.07. The van der Waals surface area contributed by atoms with Crippen LogP contribution < -0.4 is 10.1 Å². The van der Waals surface area contributed by atoms with E-state index in [4.69, 9.17) is 4.74 Å². The molecule has 3 aromatic heterocycles. The number of aromatic amines is 1. The van der Waals surface area contributed by atoms with Gasteiger partial charge in [-0.3, -0.25) is 9.67 Å². The molecule has 0 saturated heterocycles. The van der Waals surface area contributed by atoms with E-state index in [1.807, 2.05) is 47.0 Å². The third-order valence-electron chi connectivity index (χ3n) is 4.60. The molecule has 0 amide bonds. The smallest absolute Gasteiger partial charge is 0.225 e. The first-order valence-electron chi connectivity index (χ1n) is 8.80. The molecule has 3 heterocycles. The standard InChI is InChI=1S/C20H17N7O/c1-28-16-6-2-13(3-7-16)9-21-20-22-11-18-19(25-20)27(12-23-18)15-5-4-14-10-24-26-17(14)8-15/h2-8,10-12H,9H2,1H3,(H,24,26)(H,21,22,25). The Balaban J connectivity index is 1.44. The number of nitrogens with zero attached hydrogens (tertiary/aromatic N) is 5. The van der Waals surface area contributed by atoms with Crippen LogP contribution >= 0.6 is 0 Å². The number of hydrogen-bond donors (Lipinski definition) is 2. The Hall–Kier alpha value is -3.94.